The summed E-state index contributed by atoms with van der Waals surface area (Å²) in [5, 5.41) is 6.01. The summed E-state index contributed by atoms with van der Waals surface area (Å²) in [6, 6.07) is 0. The largest absolute Gasteiger partial charge is 0.381 e. The summed E-state index contributed by atoms with van der Waals surface area (Å²) in [5.74, 6) is 0.629. The molecule has 0 fully saturated rings. The van der Waals surface area contributed by atoms with Gasteiger partial charge in [-0.2, -0.15) is 5.10 Å². The Morgan fingerprint density at radius 1 is 1.73 bits per heavy atom. The van der Waals surface area contributed by atoms with Gasteiger partial charge in [0.15, 0.2) is 0 Å². The van der Waals surface area contributed by atoms with Crippen molar-refractivity contribution in [3.05, 3.63) is 16.3 Å². The molecule has 1 aromatic rings. The summed E-state index contributed by atoms with van der Waals surface area (Å²) in [6.07, 6.45) is 0.698. The summed E-state index contributed by atoms with van der Waals surface area (Å²) in [5.41, 5.74) is -0.275. The first-order valence-corrected chi connectivity index (χ1v) is 3.38. The van der Waals surface area contributed by atoms with Crippen LogP contribution in [0.3, 0.4) is 0 Å². The lowest BCUT2D eigenvalue weighted by atomic mass is 10.3. The van der Waals surface area contributed by atoms with Crippen LogP contribution in [-0.2, 0) is 11.2 Å². The van der Waals surface area contributed by atoms with Crippen LogP contribution in [-0.4, -0.2) is 28.4 Å². The maximum atomic E-state index is 10.5. The Labute approximate surface area is 63.8 Å². The van der Waals surface area contributed by atoms with Crippen LogP contribution in [0.2, 0.25) is 0 Å². The van der Waals surface area contributed by atoms with Gasteiger partial charge in [0.1, 0.15) is 5.82 Å². The zero-order valence-electron chi connectivity index (χ0n) is 6.55. The van der Waals surface area contributed by atoms with Gasteiger partial charge in [0.2, 0.25) is 0 Å². The number of aromatic amines is 2. The molecule has 62 valence electrons. The van der Waals surface area contributed by atoms with Gasteiger partial charge in [-0.1, -0.05) is 0 Å². The van der Waals surface area contributed by atoms with Crippen LogP contribution in [0.25, 0.3) is 0 Å². The molecule has 2 N–H and O–H groups in total. The lowest BCUT2D eigenvalue weighted by Gasteiger charge is -2.04. The Bertz CT molecular complexity index is 265. The molecular formula is C6H11N3O2. The van der Waals surface area contributed by atoms with Crippen molar-refractivity contribution in [1.29, 1.82) is 0 Å². The Hall–Kier alpha value is -1.10. The number of nitrogens with one attached hydrogen (secondary N) is 2. The molecule has 0 radical (unpaired) electrons. The van der Waals surface area contributed by atoms with Crippen LogP contribution in [0, 0.1) is 0 Å². The fourth-order valence-electron chi connectivity index (χ4n) is 0.757. The zero-order chi connectivity index (χ0) is 8.27. The van der Waals surface area contributed by atoms with Gasteiger partial charge in [0.05, 0.1) is 6.10 Å². The van der Waals surface area contributed by atoms with Crippen molar-refractivity contribution in [2.24, 2.45) is 0 Å². The highest BCUT2D eigenvalue weighted by Gasteiger charge is 2.03. The van der Waals surface area contributed by atoms with E-state index in [9.17, 15) is 4.79 Å². The van der Waals surface area contributed by atoms with Gasteiger partial charge in [0, 0.05) is 13.5 Å². The summed E-state index contributed by atoms with van der Waals surface area (Å²) in [6.45, 7) is 1.91. The molecule has 5 heteroatoms. The molecule has 0 aliphatic heterocycles. The molecule has 1 atom stereocenters. The molecular weight excluding hydrogens is 146 g/mol. The molecule has 0 aliphatic rings. The molecule has 0 amide bonds. The second-order valence-corrected chi connectivity index (χ2v) is 2.37. The van der Waals surface area contributed by atoms with E-state index in [0.717, 1.165) is 0 Å². The van der Waals surface area contributed by atoms with Gasteiger partial charge in [0.25, 0.3) is 0 Å². The quantitative estimate of drug-likeness (QED) is 0.631. The van der Waals surface area contributed by atoms with Gasteiger partial charge in [-0.15, -0.1) is 0 Å². The third kappa shape index (κ3) is 2.19. The number of H-pyrrole nitrogens is 2. The van der Waals surface area contributed by atoms with Crippen molar-refractivity contribution >= 4 is 0 Å². The van der Waals surface area contributed by atoms with Gasteiger partial charge >= 0.3 is 5.69 Å². The number of ether oxygens (including phenoxy) is 1. The molecule has 1 aromatic heterocycles. The van der Waals surface area contributed by atoms with Crippen LogP contribution >= 0.6 is 0 Å². The lowest BCUT2D eigenvalue weighted by Crippen LogP contribution is -2.10. The van der Waals surface area contributed by atoms with E-state index in [2.05, 4.69) is 15.2 Å². The third-order valence-corrected chi connectivity index (χ3v) is 1.43. The molecule has 11 heavy (non-hydrogen) atoms. The molecule has 0 bridgehead atoms. The average molecular weight is 157 g/mol. The summed E-state index contributed by atoms with van der Waals surface area (Å²) >= 11 is 0. The van der Waals surface area contributed by atoms with Crippen molar-refractivity contribution in [1.82, 2.24) is 15.2 Å². The smallest absolute Gasteiger partial charge is 0.340 e. The third-order valence-electron chi connectivity index (χ3n) is 1.43. The molecule has 5 nitrogen and oxygen atoms in total. The minimum absolute atomic E-state index is 0.0777. The monoisotopic (exact) mass is 157 g/mol. The average Bonchev–Trinajstić information content (AvgIpc) is 2.35. The van der Waals surface area contributed by atoms with Gasteiger partial charge in [-0.3, -0.25) is 4.98 Å². The van der Waals surface area contributed by atoms with E-state index in [4.69, 9.17) is 4.74 Å². The van der Waals surface area contributed by atoms with Crippen molar-refractivity contribution in [3.8, 4) is 0 Å². The SMILES string of the molecule is COC(C)Cc1n[nH]c(=O)[nH]1. The summed E-state index contributed by atoms with van der Waals surface area (Å²) in [4.78, 5) is 13.1. The minimum Gasteiger partial charge on any atom is -0.381 e. The van der Waals surface area contributed by atoms with E-state index in [1.807, 2.05) is 6.92 Å². The molecule has 1 heterocycles. The predicted molar refractivity (Wildman–Crippen MR) is 39.4 cm³/mol. The minimum atomic E-state index is -0.275. The van der Waals surface area contributed by atoms with E-state index in [1.165, 1.54) is 0 Å². The molecule has 0 aromatic carbocycles. The van der Waals surface area contributed by atoms with E-state index >= 15 is 0 Å². The van der Waals surface area contributed by atoms with E-state index in [0.29, 0.717) is 12.2 Å². The highest BCUT2D eigenvalue weighted by atomic mass is 16.5. The van der Waals surface area contributed by atoms with Gasteiger partial charge in [-0.25, -0.2) is 9.89 Å². The van der Waals surface area contributed by atoms with Crippen LogP contribution in [0.15, 0.2) is 4.79 Å². The number of methoxy groups -OCH3 is 1. The fraction of sp³-hybridized carbons (Fsp3) is 0.667. The van der Waals surface area contributed by atoms with Crippen LogP contribution in [0.5, 0.6) is 0 Å². The van der Waals surface area contributed by atoms with E-state index < -0.39 is 0 Å². The Morgan fingerprint density at radius 3 is 2.91 bits per heavy atom. The zero-order valence-corrected chi connectivity index (χ0v) is 6.55. The molecule has 0 saturated heterocycles. The summed E-state index contributed by atoms with van der Waals surface area (Å²) in [7, 11) is 1.62. The molecule has 0 saturated carbocycles. The molecule has 1 rings (SSSR count). The first-order valence-electron chi connectivity index (χ1n) is 3.38. The number of nitrogens with zero attached hydrogens (tertiary/aromatic N) is 1. The summed E-state index contributed by atoms with van der Waals surface area (Å²) < 4.78 is 4.99. The maximum Gasteiger partial charge on any atom is 0.340 e. The van der Waals surface area contributed by atoms with Gasteiger partial charge < -0.3 is 4.74 Å². The predicted octanol–water partition coefficient (Wildman–Crippen LogP) is -0.325. The van der Waals surface area contributed by atoms with Crippen molar-refractivity contribution in [2.75, 3.05) is 7.11 Å². The maximum absolute atomic E-state index is 10.5. The first kappa shape index (κ1) is 8.00. The molecule has 0 spiro atoms. The Balaban J connectivity index is 2.57. The number of hydrogen-bond donors (Lipinski definition) is 2. The van der Waals surface area contributed by atoms with Crippen LogP contribution in [0.4, 0.5) is 0 Å². The molecule has 1 unspecified atom stereocenters. The van der Waals surface area contributed by atoms with Crippen molar-refractivity contribution in [2.45, 2.75) is 19.4 Å². The van der Waals surface area contributed by atoms with Crippen molar-refractivity contribution < 1.29 is 4.74 Å². The second kappa shape index (κ2) is 3.34. The number of rotatable bonds is 3. The van der Waals surface area contributed by atoms with Crippen LogP contribution < -0.4 is 5.69 Å². The van der Waals surface area contributed by atoms with E-state index in [-0.39, 0.29) is 11.8 Å². The first-order chi connectivity index (χ1) is 5.22. The number of hydrogen-bond acceptors (Lipinski definition) is 3. The van der Waals surface area contributed by atoms with Gasteiger partial charge in [-0.05, 0) is 6.92 Å². The highest BCUT2D eigenvalue weighted by Crippen LogP contribution is 1.95. The molecule has 0 aliphatic carbocycles. The number of aromatic nitrogens is 3. The Morgan fingerprint density at radius 2 is 2.45 bits per heavy atom. The Kier molecular flexibility index (Phi) is 2.43. The second-order valence-electron chi connectivity index (χ2n) is 2.37. The van der Waals surface area contributed by atoms with E-state index in [1.54, 1.807) is 7.11 Å². The topological polar surface area (TPSA) is 70.8 Å². The highest BCUT2D eigenvalue weighted by molar-refractivity contribution is 4.82. The normalized spacial score (nSPS) is 13.3. The fourth-order valence-corrected chi connectivity index (χ4v) is 0.757. The van der Waals surface area contributed by atoms with Crippen molar-refractivity contribution in [3.63, 3.8) is 0 Å². The standard InChI is InChI=1S/C6H11N3O2/c1-4(11-2)3-5-7-6(10)9-8-5/h4H,3H2,1-2H3,(H2,7,8,9,10). The lowest BCUT2D eigenvalue weighted by molar-refractivity contribution is 0.117. The van der Waals surface area contributed by atoms with Crippen LogP contribution in [0.1, 0.15) is 12.7 Å².